The minimum absolute atomic E-state index is 0.270. The van der Waals surface area contributed by atoms with Crippen molar-refractivity contribution in [1.82, 2.24) is 4.98 Å². The topological polar surface area (TPSA) is 51.3 Å². The van der Waals surface area contributed by atoms with E-state index in [-0.39, 0.29) is 5.71 Å². The summed E-state index contributed by atoms with van der Waals surface area (Å²) in [7, 11) is 0. The number of allylic oxidation sites excluding steroid dienone is 2. The fraction of sp³-hybridized carbons (Fsp3) is 0.286. The van der Waals surface area contributed by atoms with Crippen LogP contribution in [-0.2, 0) is 0 Å². The van der Waals surface area contributed by atoms with Gasteiger partial charge in [-0.3, -0.25) is 4.98 Å². The van der Waals surface area contributed by atoms with Crippen LogP contribution in [0.15, 0.2) is 51.9 Å². The first-order chi connectivity index (χ1) is 9.77. The lowest BCUT2D eigenvalue weighted by Gasteiger charge is -2.13. The molecule has 3 nitrogen and oxygen atoms in total. The number of hydrogen-bond acceptors (Lipinski definition) is 3. The molecule has 0 spiro atoms. The molecule has 0 unspecified atom stereocenters. The molecule has 114 valence electrons. The molecule has 0 atom stereocenters. The molecule has 0 saturated carbocycles. The number of alkyl halides is 3. The van der Waals surface area contributed by atoms with Crippen LogP contribution < -0.4 is 5.73 Å². The zero-order chi connectivity index (χ0) is 16.0. The molecule has 1 heterocycles. The van der Waals surface area contributed by atoms with Crippen molar-refractivity contribution in [3.8, 4) is 0 Å². The van der Waals surface area contributed by atoms with Crippen molar-refractivity contribution in [3.63, 3.8) is 0 Å². The Kier molecular flexibility index (Phi) is 5.96. The van der Waals surface area contributed by atoms with Gasteiger partial charge in [-0.15, -0.1) is 0 Å². The summed E-state index contributed by atoms with van der Waals surface area (Å²) in [5, 5.41) is -0.701. The molecule has 0 fully saturated rings. The highest BCUT2D eigenvalue weighted by Crippen LogP contribution is 2.34. The maximum atomic E-state index is 13.0. The van der Waals surface area contributed by atoms with Crippen LogP contribution >= 0.6 is 11.6 Å². The average molecular weight is 318 g/mol. The van der Waals surface area contributed by atoms with E-state index in [0.717, 1.165) is 0 Å². The van der Waals surface area contributed by atoms with Crippen molar-refractivity contribution in [2.45, 2.75) is 26.4 Å². The standard InChI is InChI=1S/C14H15ClF3N3/c1-3-6-10(19)12(14(16,17)18)13(15)21-9(2)11-7-4-5-8-20-11/h4-8H,3,19H2,1-2H3/b10-6-,13-12+,21-9+. The smallest absolute Gasteiger partial charge is 0.398 e. The molecule has 0 aliphatic heterocycles. The maximum Gasteiger partial charge on any atom is 0.421 e. The summed E-state index contributed by atoms with van der Waals surface area (Å²) in [5.74, 6) is 0. The lowest BCUT2D eigenvalue weighted by molar-refractivity contribution is -0.0898. The summed E-state index contributed by atoms with van der Waals surface area (Å²) in [5.41, 5.74) is 4.58. The summed E-state index contributed by atoms with van der Waals surface area (Å²) < 4.78 is 39.1. The molecule has 0 aromatic carbocycles. The third kappa shape index (κ3) is 4.90. The first kappa shape index (κ1) is 17.2. The van der Waals surface area contributed by atoms with Gasteiger partial charge in [-0.2, -0.15) is 13.2 Å². The molecule has 0 amide bonds. The fourth-order valence-electron chi connectivity index (χ4n) is 1.56. The summed E-state index contributed by atoms with van der Waals surface area (Å²) in [6.07, 6.45) is -1.56. The highest BCUT2D eigenvalue weighted by Gasteiger charge is 2.38. The Balaban J connectivity index is 3.32. The van der Waals surface area contributed by atoms with Crippen molar-refractivity contribution in [2.24, 2.45) is 10.7 Å². The quantitative estimate of drug-likeness (QED) is 0.515. The minimum Gasteiger partial charge on any atom is -0.398 e. The number of nitrogens with two attached hydrogens (primary N) is 1. The van der Waals surface area contributed by atoms with Crippen molar-refractivity contribution < 1.29 is 13.2 Å². The molecule has 0 saturated heterocycles. The lowest BCUT2D eigenvalue weighted by atomic mass is 10.1. The normalized spacial score (nSPS) is 15.0. The SMILES string of the molecule is CC/C=C(N)/C(=C(Cl)\N=C(/C)c1ccccn1)C(F)(F)F. The van der Waals surface area contributed by atoms with Gasteiger partial charge in [-0.05, 0) is 25.5 Å². The minimum atomic E-state index is -4.68. The first-order valence-corrected chi connectivity index (χ1v) is 6.54. The van der Waals surface area contributed by atoms with Crippen molar-refractivity contribution in [2.75, 3.05) is 0 Å². The van der Waals surface area contributed by atoms with Gasteiger partial charge in [0.25, 0.3) is 0 Å². The van der Waals surface area contributed by atoms with Crippen LogP contribution in [0, 0.1) is 0 Å². The second kappa shape index (κ2) is 7.26. The molecular weight excluding hydrogens is 303 g/mol. The van der Waals surface area contributed by atoms with Crippen LogP contribution in [0.5, 0.6) is 0 Å². The molecule has 1 aromatic rings. The molecule has 0 radical (unpaired) electrons. The third-order valence-electron chi connectivity index (χ3n) is 2.50. The van der Waals surface area contributed by atoms with E-state index in [2.05, 4.69) is 9.98 Å². The van der Waals surface area contributed by atoms with E-state index in [9.17, 15) is 13.2 Å². The second-order valence-electron chi connectivity index (χ2n) is 4.14. The zero-order valence-electron chi connectivity index (χ0n) is 11.6. The number of halogens is 4. The van der Waals surface area contributed by atoms with Gasteiger partial charge in [0.05, 0.1) is 11.4 Å². The van der Waals surface area contributed by atoms with Crippen LogP contribution in [-0.4, -0.2) is 16.9 Å². The Labute approximate surface area is 126 Å². The van der Waals surface area contributed by atoms with Crippen molar-refractivity contribution >= 4 is 17.3 Å². The van der Waals surface area contributed by atoms with Gasteiger partial charge in [0, 0.05) is 11.9 Å². The Morgan fingerprint density at radius 2 is 2.10 bits per heavy atom. The molecule has 1 rings (SSSR count). The molecule has 0 aliphatic rings. The van der Waals surface area contributed by atoms with E-state index in [1.165, 1.54) is 19.2 Å². The first-order valence-electron chi connectivity index (χ1n) is 6.17. The third-order valence-corrected chi connectivity index (χ3v) is 2.78. The van der Waals surface area contributed by atoms with Gasteiger partial charge >= 0.3 is 6.18 Å². The second-order valence-corrected chi connectivity index (χ2v) is 4.50. The number of aromatic nitrogens is 1. The number of aliphatic imine (C=N–C) groups is 1. The number of nitrogens with zero attached hydrogens (tertiary/aromatic N) is 2. The largest absolute Gasteiger partial charge is 0.421 e. The van der Waals surface area contributed by atoms with E-state index < -0.39 is 22.6 Å². The van der Waals surface area contributed by atoms with Gasteiger partial charge < -0.3 is 5.73 Å². The summed E-state index contributed by atoms with van der Waals surface area (Å²) >= 11 is 5.73. The van der Waals surface area contributed by atoms with Crippen LogP contribution in [0.25, 0.3) is 0 Å². The van der Waals surface area contributed by atoms with Crippen LogP contribution in [0.2, 0.25) is 0 Å². The fourth-order valence-corrected chi connectivity index (χ4v) is 1.90. The van der Waals surface area contributed by atoms with Crippen LogP contribution in [0.4, 0.5) is 13.2 Å². The number of pyridine rings is 1. The van der Waals surface area contributed by atoms with E-state index in [4.69, 9.17) is 17.3 Å². The monoisotopic (exact) mass is 317 g/mol. The van der Waals surface area contributed by atoms with E-state index in [1.54, 1.807) is 25.1 Å². The zero-order valence-corrected chi connectivity index (χ0v) is 12.3. The van der Waals surface area contributed by atoms with Crippen LogP contribution in [0.1, 0.15) is 26.0 Å². The predicted octanol–water partition coefficient (Wildman–Crippen LogP) is 4.16. The Morgan fingerprint density at radius 1 is 1.43 bits per heavy atom. The van der Waals surface area contributed by atoms with E-state index >= 15 is 0 Å². The Morgan fingerprint density at radius 3 is 2.57 bits per heavy atom. The van der Waals surface area contributed by atoms with Gasteiger partial charge in [0.15, 0.2) is 0 Å². The Hall–Kier alpha value is -1.82. The predicted molar refractivity (Wildman–Crippen MR) is 77.9 cm³/mol. The summed E-state index contributed by atoms with van der Waals surface area (Å²) in [6.45, 7) is 3.20. The summed E-state index contributed by atoms with van der Waals surface area (Å²) in [6, 6.07) is 5.02. The van der Waals surface area contributed by atoms with E-state index in [1.807, 2.05) is 0 Å². The maximum absolute atomic E-state index is 13.0. The highest BCUT2D eigenvalue weighted by atomic mass is 35.5. The van der Waals surface area contributed by atoms with Gasteiger partial charge in [0.1, 0.15) is 10.7 Å². The molecule has 21 heavy (non-hydrogen) atoms. The molecule has 0 bridgehead atoms. The molecule has 1 aromatic heterocycles. The van der Waals surface area contributed by atoms with Crippen molar-refractivity contribution in [1.29, 1.82) is 0 Å². The molecular formula is C14H15ClF3N3. The lowest BCUT2D eigenvalue weighted by Crippen LogP contribution is -2.19. The van der Waals surface area contributed by atoms with Crippen molar-refractivity contribution in [3.05, 3.63) is 52.6 Å². The molecule has 0 aliphatic carbocycles. The molecule has 7 heteroatoms. The Bertz CT molecular complexity index is 575. The van der Waals surface area contributed by atoms with Gasteiger partial charge in [0.2, 0.25) is 0 Å². The summed E-state index contributed by atoms with van der Waals surface area (Å²) in [4.78, 5) is 7.77. The number of rotatable bonds is 4. The molecule has 2 N–H and O–H groups in total. The number of hydrogen-bond donors (Lipinski definition) is 1. The highest BCUT2D eigenvalue weighted by molar-refractivity contribution is 6.31. The average Bonchev–Trinajstić information content (AvgIpc) is 2.38. The van der Waals surface area contributed by atoms with Gasteiger partial charge in [-0.1, -0.05) is 30.7 Å². The van der Waals surface area contributed by atoms with E-state index in [0.29, 0.717) is 12.1 Å². The van der Waals surface area contributed by atoms with Gasteiger partial charge in [-0.25, -0.2) is 4.99 Å². The van der Waals surface area contributed by atoms with Crippen LogP contribution in [0.3, 0.4) is 0 Å².